The Balaban J connectivity index is 1.54. The third kappa shape index (κ3) is 4.48. The van der Waals surface area contributed by atoms with E-state index in [0.717, 1.165) is 21.9 Å². The molecule has 5 rings (SSSR count). The lowest BCUT2D eigenvalue weighted by molar-refractivity contribution is -0.142. The molecule has 1 heterocycles. The fraction of sp³-hybridized carbons (Fsp3) is 0.226. The van der Waals surface area contributed by atoms with Gasteiger partial charge in [-0.15, -0.1) is 0 Å². The van der Waals surface area contributed by atoms with E-state index in [0.29, 0.717) is 0 Å². The van der Waals surface area contributed by atoms with Crippen LogP contribution in [0.25, 0.3) is 10.8 Å². The lowest BCUT2D eigenvalue weighted by atomic mass is 9.71. The molecule has 42 heavy (non-hydrogen) atoms. The first-order valence-corrected chi connectivity index (χ1v) is 13.0. The van der Waals surface area contributed by atoms with Crippen LogP contribution in [0, 0.1) is 6.92 Å². The summed E-state index contributed by atoms with van der Waals surface area (Å²) < 4.78 is 11.4. The van der Waals surface area contributed by atoms with Gasteiger partial charge in [-0.2, -0.15) is 0 Å². The minimum absolute atomic E-state index is 0.00953. The van der Waals surface area contributed by atoms with E-state index in [2.05, 4.69) is 10.5 Å². The van der Waals surface area contributed by atoms with Crippen molar-refractivity contribution in [2.45, 2.75) is 32.7 Å². The number of phenols is 1. The fourth-order valence-corrected chi connectivity index (χ4v) is 5.40. The van der Waals surface area contributed by atoms with E-state index in [1.807, 2.05) is 43.3 Å². The van der Waals surface area contributed by atoms with Gasteiger partial charge in [-0.25, -0.2) is 4.79 Å². The number of aliphatic carboxylic acids is 1. The van der Waals surface area contributed by atoms with E-state index in [1.165, 1.54) is 33.1 Å². The van der Waals surface area contributed by atoms with Crippen molar-refractivity contribution in [3.63, 3.8) is 0 Å². The largest absolute Gasteiger partial charge is 0.507 e. The summed E-state index contributed by atoms with van der Waals surface area (Å²) in [5.74, 6) is -3.49. The average Bonchev–Trinajstić information content (AvgIpc) is 3.25. The van der Waals surface area contributed by atoms with Gasteiger partial charge in [0.05, 0.1) is 24.0 Å². The van der Waals surface area contributed by atoms with Crippen molar-refractivity contribution in [2.24, 2.45) is 5.16 Å². The first kappa shape index (κ1) is 28.2. The van der Waals surface area contributed by atoms with Crippen LogP contribution in [0.5, 0.6) is 17.2 Å². The number of oxime groups is 1. The average molecular weight is 573 g/mol. The van der Waals surface area contributed by atoms with Crippen LogP contribution >= 0.6 is 0 Å². The van der Waals surface area contributed by atoms with E-state index >= 15 is 0 Å². The van der Waals surface area contributed by atoms with Crippen LogP contribution in [0.3, 0.4) is 0 Å². The van der Waals surface area contributed by atoms with Crippen molar-refractivity contribution in [3.8, 4) is 17.2 Å². The van der Waals surface area contributed by atoms with Crippen LogP contribution in [-0.4, -0.2) is 52.4 Å². The van der Waals surface area contributed by atoms with Crippen molar-refractivity contribution in [2.75, 3.05) is 13.7 Å². The normalized spacial score (nSPS) is 17.8. The van der Waals surface area contributed by atoms with Crippen LogP contribution in [0.15, 0.2) is 70.8 Å². The van der Waals surface area contributed by atoms with Crippen LogP contribution < -0.4 is 14.8 Å². The quantitative estimate of drug-likeness (QED) is 0.229. The second-order valence-electron chi connectivity index (χ2n) is 10.1. The predicted octanol–water partition coefficient (Wildman–Crippen LogP) is 4.20. The molecule has 216 valence electrons. The molecule has 0 aromatic heterocycles. The van der Waals surface area contributed by atoms with Crippen molar-refractivity contribution in [3.05, 3.63) is 87.9 Å². The Morgan fingerprint density at radius 1 is 1.14 bits per heavy atom. The van der Waals surface area contributed by atoms with Gasteiger partial charge in [0.15, 0.2) is 11.5 Å². The van der Waals surface area contributed by atoms with Crippen molar-refractivity contribution >= 4 is 34.1 Å². The highest BCUT2D eigenvalue weighted by atomic mass is 16.6. The number of ketones is 1. The lowest BCUT2D eigenvalue weighted by Gasteiger charge is -2.28. The highest BCUT2D eigenvalue weighted by Gasteiger charge is 2.55. The zero-order valence-corrected chi connectivity index (χ0v) is 23.3. The number of fused-ring (bicyclic) bond motifs is 4. The van der Waals surface area contributed by atoms with E-state index in [1.54, 1.807) is 0 Å². The van der Waals surface area contributed by atoms with Crippen LogP contribution in [-0.2, 0) is 26.4 Å². The predicted molar refractivity (Wildman–Crippen MR) is 152 cm³/mol. The third-order valence-electron chi connectivity index (χ3n) is 7.53. The number of methoxy groups -OCH3 is 1. The molecule has 0 saturated carbocycles. The minimum atomic E-state index is -1.65. The Labute approximate surface area is 240 Å². The molecule has 1 atom stereocenters. The lowest BCUT2D eigenvalue weighted by Crippen LogP contribution is -2.39. The zero-order valence-electron chi connectivity index (χ0n) is 23.3. The molecule has 1 amide bonds. The molecular formula is C31H28N2O9. The van der Waals surface area contributed by atoms with Gasteiger partial charge < -0.3 is 34.9 Å². The molecule has 0 fully saturated rings. The topological polar surface area (TPSA) is 164 Å². The molecule has 1 aliphatic carbocycles. The summed E-state index contributed by atoms with van der Waals surface area (Å²) in [7, 11) is 1.34. The van der Waals surface area contributed by atoms with Gasteiger partial charge in [0.1, 0.15) is 34.0 Å². The molecule has 0 spiro atoms. The summed E-state index contributed by atoms with van der Waals surface area (Å²) in [6.07, 6.45) is 1.19. The number of carboxylic acids is 1. The number of aryl methyl sites for hydroxylation is 1. The number of amides is 1. The molecule has 0 saturated heterocycles. The number of rotatable bonds is 8. The number of benzene rings is 3. The van der Waals surface area contributed by atoms with Crippen molar-refractivity contribution in [1.29, 1.82) is 0 Å². The Morgan fingerprint density at radius 3 is 2.60 bits per heavy atom. The van der Waals surface area contributed by atoms with Crippen LogP contribution in [0.2, 0.25) is 0 Å². The van der Waals surface area contributed by atoms with Crippen molar-refractivity contribution < 1.29 is 44.0 Å². The number of nitrogens with one attached hydrogen (secondary N) is 1. The second kappa shape index (κ2) is 10.6. The molecule has 3 aromatic rings. The molecule has 1 aliphatic heterocycles. The standard InChI is InChI=1S/C31H28N2O9/c1-15-9-10-17-7-5-6-8-18(17)19(15)13-32-30(39)26-22(40-4)11-21(35)27-28(26)42-23-12-20(34)25(29(38)31(23,27)3)16(2)33-41-14-24(36)37/h5-12,34-35H,13-14H2,1-4H3,(H,32,39)(H,36,37)/t31-/m1/s1. The number of ether oxygens (including phenoxy) is 2. The SMILES string of the molecule is COc1cc(O)c2c(c1C(=O)NCc1c(C)ccc3ccccc13)OC1=CC(O)=C(C(C)=NOCC(=O)O)C(=O)[C@]12C. The molecule has 11 nitrogen and oxygen atoms in total. The van der Waals surface area contributed by atoms with Gasteiger partial charge in [0.25, 0.3) is 5.91 Å². The Hall–Kier alpha value is -5.32. The number of aliphatic hydroxyl groups excluding tert-OH is 1. The summed E-state index contributed by atoms with van der Waals surface area (Å²) in [6.45, 7) is 4.24. The van der Waals surface area contributed by atoms with Gasteiger partial charge in [0, 0.05) is 18.7 Å². The number of aliphatic hydroxyl groups is 1. The molecule has 0 bridgehead atoms. The summed E-state index contributed by atoms with van der Waals surface area (Å²) in [4.78, 5) is 43.1. The first-order valence-electron chi connectivity index (χ1n) is 13.0. The molecule has 0 radical (unpaired) electrons. The second-order valence-corrected chi connectivity index (χ2v) is 10.1. The number of nitrogens with zero attached hydrogens (tertiary/aromatic N) is 1. The van der Waals surface area contributed by atoms with E-state index < -0.39 is 35.4 Å². The highest BCUT2D eigenvalue weighted by molar-refractivity contribution is 6.27. The Bertz CT molecular complexity index is 1770. The maximum atomic E-state index is 13.9. The molecule has 0 unspecified atom stereocenters. The smallest absolute Gasteiger partial charge is 0.344 e. The van der Waals surface area contributed by atoms with Crippen molar-refractivity contribution in [1.82, 2.24) is 5.32 Å². The number of Topliss-reactive ketones (excluding diaryl/α,β-unsaturated/α-hetero) is 1. The fourth-order valence-electron chi connectivity index (χ4n) is 5.40. The highest BCUT2D eigenvalue weighted by Crippen LogP contribution is 2.56. The maximum Gasteiger partial charge on any atom is 0.344 e. The van der Waals surface area contributed by atoms with E-state index in [4.69, 9.17) is 19.4 Å². The summed E-state index contributed by atoms with van der Waals surface area (Å²) in [5, 5.41) is 39.2. The van der Waals surface area contributed by atoms with Gasteiger partial charge in [-0.05, 0) is 42.7 Å². The number of hydrogen-bond donors (Lipinski definition) is 4. The maximum absolute atomic E-state index is 13.9. The Kier molecular flexibility index (Phi) is 7.11. The summed E-state index contributed by atoms with van der Waals surface area (Å²) in [5.41, 5.74) is -0.109. The number of allylic oxidation sites excluding steroid dienone is 3. The van der Waals surface area contributed by atoms with Gasteiger partial charge in [-0.3, -0.25) is 9.59 Å². The molecule has 3 aromatic carbocycles. The first-order chi connectivity index (χ1) is 20.0. The van der Waals surface area contributed by atoms with E-state index in [-0.39, 0.29) is 52.0 Å². The number of carbonyl (C=O) groups excluding carboxylic acids is 2. The molecule has 2 aliphatic rings. The third-order valence-corrected chi connectivity index (χ3v) is 7.53. The van der Waals surface area contributed by atoms with Gasteiger partial charge in [0.2, 0.25) is 6.61 Å². The molecular weight excluding hydrogens is 544 g/mol. The zero-order chi connectivity index (χ0) is 30.3. The van der Waals surface area contributed by atoms with E-state index in [9.17, 15) is 24.6 Å². The van der Waals surface area contributed by atoms with Gasteiger partial charge >= 0.3 is 5.97 Å². The minimum Gasteiger partial charge on any atom is -0.507 e. The van der Waals surface area contributed by atoms with Crippen LogP contribution in [0.4, 0.5) is 0 Å². The Morgan fingerprint density at radius 2 is 1.88 bits per heavy atom. The number of carbonyl (C=O) groups is 3. The number of phenolic OH excluding ortho intramolecular Hbond substituents is 1. The number of hydrogen-bond acceptors (Lipinski definition) is 9. The van der Waals surface area contributed by atoms with Crippen LogP contribution in [0.1, 0.15) is 40.9 Å². The summed E-state index contributed by atoms with van der Waals surface area (Å²) >= 11 is 0. The molecule has 4 N–H and O–H groups in total. The number of aromatic hydroxyl groups is 1. The monoisotopic (exact) mass is 572 g/mol. The molecule has 11 heteroatoms. The number of carboxylic acid groups (broad SMARTS) is 1. The summed E-state index contributed by atoms with van der Waals surface area (Å²) in [6, 6.07) is 13.0. The van der Waals surface area contributed by atoms with Gasteiger partial charge in [-0.1, -0.05) is 41.6 Å².